The van der Waals surface area contributed by atoms with E-state index in [1.165, 1.54) is 11.2 Å². The lowest BCUT2D eigenvalue weighted by molar-refractivity contribution is -0.140. The van der Waals surface area contributed by atoms with Gasteiger partial charge in [0.25, 0.3) is 5.91 Å². The molecule has 1 saturated heterocycles. The number of hydrogen-bond donors (Lipinski definition) is 2. The second-order valence-electron chi connectivity index (χ2n) is 5.04. The number of aromatic nitrogens is 1. The molecule has 7 nitrogen and oxygen atoms in total. The van der Waals surface area contributed by atoms with Crippen molar-refractivity contribution in [2.75, 3.05) is 19.6 Å². The van der Waals surface area contributed by atoms with E-state index in [0.717, 1.165) is 5.56 Å². The van der Waals surface area contributed by atoms with Crippen LogP contribution in [0.1, 0.15) is 10.4 Å². The monoisotopic (exact) mass is 301 g/mol. The molecule has 1 unspecified atom stereocenters. The van der Waals surface area contributed by atoms with Crippen LogP contribution in [0, 0.1) is 0 Å². The lowest BCUT2D eigenvalue weighted by Gasteiger charge is -2.31. The summed E-state index contributed by atoms with van der Waals surface area (Å²) in [7, 11) is 0. The average Bonchev–Trinajstić information content (AvgIpc) is 3.04. The number of benzene rings is 1. The zero-order valence-corrected chi connectivity index (χ0v) is 11.7. The van der Waals surface area contributed by atoms with E-state index in [2.05, 4.69) is 10.5 Å². The Morgan fingerprint density at radius 2 is 2.09 bits per heavy atom. The summed E-state index contributed by atoms with van der Waals surface area (Å²) < 4.78 is 4.96. The Hall–Kier alpha value is -2.67. The van der Waals surface area contributed by atoms with Gasteiger partial charge in [0, 0.05) is 25.2 Å². The zero-order chi connectivity index (χ0) is 15.5. The highest BCUT2D eigenvalue weighted by molar-refractivity contribution is 5.99. The number of rotatable bonds is 3. The summed E-state index contributed by atoms with van der Waals surface area (Å²) in [6.07, 6.45) is 1.31. The Labute approximate surface area is 126 Å². The first-order valence-corrected chi connectivity index (χ1v) is 6.92. The van der Waals surface area contributed by atoms with Crippen LogP contribution in [0.2, 0.25) is 0 Å². The fourth-order valence-electron chi connectivity index (χ4n) is 2.46. The predicted octanol–water partition coefficient (Wildman–Crippen LogP) is 0.840. The van der Waals surface area contributed by atoms with Gasteiger partial charge in [-0.25, -0.2) is 0 Å². The molecular formula is C15H15N3O4. The molecule has 22 heavy (non-hydrogen) atoms. The van der Waals surface area contributed by atoms with Crippen LogP contribution < -0.4 is 5.32 Å². The first-order valence-electron chi connectivity index (χ1n) is 6.92. The normalized spacial score (nSPS) is 18.2. The van der Waals surface area contributed by atoms with Gasteiger partial charge >= 0.3 is 5.97 Å². The van der Waals surface area contributed by atoms with Crippen molar-refractivity contribution in [3.8, 4) is 11.3 Å². The molecule has 0 aliphatic carbocycles. The third kappa shape index (κ3) is 2.71. The second-order valence-corrected chi connectivity index (χ2v) is 5.04. The Balaban J connectivity index is 1.84. The van der Waals surface area contributed by atoms with Gasteiger partial charge in [-0.05, 0) is 0 Å². The largest absolute Gasteiger partial charge is 0.480 e. The van der Waals surface area contributed by atoms with Crippen LogP contribution >= 0.6 is 0 Å². The number of nitrogens with zero attached hydrogens (tertiary/aromatic N) is 2. The molecule has 0 spiro atoms. The molecule has 3 rings (SSSR count). The lowest BCUT2D eigenvalue weighted by Crippen LogP contribution is -2.55. The van der Waals surface area contributed by atoms with Gasteiger partial charge in [0.1, 0.15) is 23.6 Å². The van der Waals surface area contributed by atoms with Crippen LogP contribution in [-0.4, -0.2) is 52.7 Å². The molecule has 1 aliphatic heterocycles. The van der Waals surface area contributed by atoms with E-state index in [0.29, 0.717) is 24.3 Å². The molecule has 1 amide bonds. The minimum atomic E-state index is -0.967. The van der Waals surface area contributed by atoms with Gasteiger partial charge in [0.05, 0.1) is 0 Å². The van der Waals surface area contributed by atoms with Gasteiger partial charge in [-0.3, -0.25) is 9.59 Å². The summed E-state index contributed by atoms with van der Waals surface area (Å²) in [4.78, 5) is 25.2. The number of nitrogens with one attached hydrogen (secondary N) is 1. The van der Waals surface area contributed by atoms with Crippen LogP contribution in [0.3, 0.4) is 0 Å². The standard InChI is InChI=1S/C15H15N3O4/c19-14(18-7-6-16-12(8-18)15(20)21)11-9-22-17-13(11)10-4-2-1-3-5-10/h1-5,9,12,16H,6-8H2,(H,20,21). The van der Waals surface area contributed by atoms with Crippen molar-refractivity contribution in [3.63, 3.8) is 0 Å². The minimum Gasteiger partial charge on any atom is -0.480 e. The topological polar surface area (TPSA) is 95.7 Å². The smallest absolute Gasteiger partial charge is 0.322 e. The van der Waals surface area contributed by atoms with Gasteiger partial charge < -0.3 is 19.8 Å². The Kier molecular flexibility index (Phi) is 3.88. The second kappa shape index (κ2) is 5.98. The van der Waals surface area contributed by atoms with Crippen LogP contribution in [0.15, 0.2) is 41.1 Å². The third-order valence-electron chi connectivity index (χ3n) is 3.61. The molecule has 0 radical (unpaired) electrons. The molecule has 114 valence electrons. The number of amides is 1. The summed E-state index contributed by atoms with van der Waals surface area (Å²) in [6.45, 7) is 1.00. The van der Waals surface area contributed by atoms with Crippen LogP contribution in [0.5, 0.6) is 0 Å². The number of carboxylic acid groups (broad SMARTS) is 1. The molecule has 2 heterocycles. The van der Waals surface area contributed by atoms with E-state index < -0.39 is 12.0 Å². The fourth-order valence-corrected chi connectivity index (χ4v) is 2.46. The highest BCUT2D eigenvalue weighted by atomic mass is 16.5. The summed E-state index contributed by atoms with van der Waals surface area (Å²) in [5, 5.41) is 15.8. The van der Waals surface area contributed by atoms with Gasteiger partial charge in [-0.1, -0.05) is 35.5 Å². The van der Waals surface area contributed by atoms with Crippen molar-refractivity contribution in [1.29, 1.82) is 0 Å². The van der Waals surface area contributed by atoms with Gasteiger partial charge in [-0.15, -0.1) is 0 Å². The summed E-state index contributed by atoms with van der Waals surface area (Å²) in [5.74, 6) is -1.24. The van der Waals surface area contributed by atoms with Crippen LogP contribution in [0.4, 0.5) is 0 Å². The van der Waals surface area contributed by atoms with Crippen molar-refractivity contribution in [2.24, 2.45) is 0 Å². The SMILES string of the molecule is O=C(O)C1CN(C(=O)c2conc2-c2ccccc2)CCN1. The Bertz CT molecular complexity index is 683. The fraction of sp³-hybridized carbons (Fsp3) is 0.267. The maximum Gasteiger partial charge on any atom is 0.322 e. The van der Waals surface area contributed by atoms with E-state index in [1.54, 1.807) is 0 Å². The number of carbonyl (C=O) groups excluding carboxylic acids is 1. The van der Waals surface area contributed by atoms with Crippen LogP contribution in [0.25, 0.3) is 11.3 Å². The quantitative estimate of drug-likeness (QED) is 0.872. The van der Waals surface area contributed by atoms with Crippen molar-refractivity contribution in [2.45, 2.75) is 6.04 Å². The maximum absolute atomic E-state index is 12.6. The van der Waals surface area contributed by atoms with Crippen molar-refractivity contribution in [1.82, 2.24) is 15.4 Å². The lowest BCUT2D eigenvalue weighted by atomic mass is 10.1. The highest BCUT2D eigenvalue weighted by Crippen LogP contribution is 2.23. The number of hydrogen-bond acceptors (Lipinski definition) is 5. The molecule has 0 saturated carbocycles. The van der Waals surface area contributed by atoms with Crippen molar-refractivity contribution < 1.29 is 19.2 Å². The predicted molar refractivity (Wildman–Crippen MR) is 77.3 cm³/mol. The van der Waals surface area contributed by atoms with Crippen molar-refractivity contribution in [3.05, 3.63) is 42.2 Å². The van der Waals surface area contributed by atoms with E-state index >= 15 is 0 Å². The van der Waals surface area contributed by atoms with Gasteiger partial charge in [-0.2, -0.15) is 0 Å². The Morgan fingerprint density at radius 1 is 1.32 bits per heavy atom. The van der Waals surface area contributed by atoms with Crippen LogP contribution in [-0.2, 0) is 4.79 Å². The molecule has 1 aromatic heterocycles. The zero-order valence-electron chi connectivity index (χ0n) is 11.7. The molecule has 1 atom stereocenters. The molecule has 1 fully saturated rings. The van der Waals surface area contributed by atoms with Gasteiger partial charge in [0.15, 0.2) is 0 Å². The molecule has 1 aliphatic rings. The minimum absolute atomic E-state index is 0.119. The summed E-state index contributed by atoms with van der Waals surface area (Å²) in [5.41, 5.74) is 1.60. The number of carboxylic acids is 1. The van der Waals surface area contributed by atoms with E-state index in [-0.39, 0.29) is 12.5 Å². The van der Waals surface area contributed by atoms with Crippen molar-refractivity contribution >= 4 is 11.9 Å². The molecule has 1 aromatic carbocycles. The summed E-state index contributed by atoms with van der Waals surface area (Å²) in [6, 6.07) is 8.50. The first-order chi connectivity index (χ1) is 10.7. The van der Waals surface area contributed by atoms with E-state index in [4.69, 9.17) is 9.63 Å². The Morgan fingerprint density at radius 3 is 2.82 bits per heavy atom. The van der Waals surface area contributed by atoms with E-state index in [9.17, 15) is 9.59 Å². The molecule has 7 heteroatoms. The number of carbonyl (C=O) groups is 2. The van der Waals surface area contributed by atoms with Gasteiger partial charge in [0.2, 0.25) is 0 Å². The molecule has 2 aromatic rings. The first kappa shape index (κ1) is 14.3. The third-order valence-corrected chi connectivity index (χ3v) is 3.61. The molecule has 2 N–H and O–H groups in total. The highest BCUT2D eigenvalue weighted by Gasteiger charge is 2.30. The molecular weight excluding hydrogens is 286 g/mol. The summed E-state index contributed by atoms with van der Waals surface area (Å²) >= 11 is 0. The number of aliphatic carboxylic acids is 1. The maximum atomic E-state index is 12.6. The number of piperazine rings is 1. The van der Waals surface area contributed by atoms with E-state index in [1.807, 2.05) is 30.3 Å². The average molecular weight is 301 g/mol. The molecule has 0 bridgehead atoms.